The Morgan fingerprint density at radius 2 is 2.06 bits per heavy atom. The van der Waals surface area contributed by atoms with Crippen LogP contribution < -0.4 is 5.32 Å². The zero-order valence-electron chi connectivity index (χ0n) is 10.8. The molecule has 0 bridgehead atoms. The van der Waals surface area contributed by atoms with E-state index in [2.05, 4.69) is 24.1 Å². The third-order valence-corrected chi connectivity index (χ3v) is 3.19. The van der Waals surface area contributed by atoms with E-state index in [4.69, 9.17) is 5.26 Å². The highest BCUT2D eigenvalue weighted by Crippen LogP contribution is 2.14. The molecule has 1 heterocycles. The van der Waals surface area contributed by atoms with Crippen molar-refractivity contribution in [2.24, 2.45) is 0 Å². The summed E-state index contributed by atoms with van der Waals surface area (Å²) in [6.07, 6.45) is 0. The van der Waals surface area contributed by atoms with Crippen LogP contribution in [0.1, 0.15) is 25.0 Å². The zero-order valence-corrected chi connectivity index (χ0v) is 10.8. The van der Waals surface area contributed by atoms with Gasteiger partial charge in [-0.25, -0.2) is 4.39 Å². The summed E-state index contributed by atoms with van der Waals surface area (Å²) in [6, 6.07) is 7.59. The van der Waals surface area contributed by atoms with Crippen LogP contribution in [0.3, 0.4) is 0 Å². The first-order chi connectivity index (χ1) is 8.58. The molecule has 0 amide bonds. The van der Waals surface area contributed by atoms with Crippen molar-refractivity contribution in [1.29, 1.82) is 5.26 Å². The van der Waals surface area contributed by atoms with Gasteiger partial charge in [0.25, 0.3) is 0 Å². The van der Waals surface area contributed by atoms with Gasteiger partial charge in [0.15, 0.2) is 0 Å². The first-order valence-corrected chi connectivity index (χ1v) is 6.25. The van der Waals surface area contributed by atoms with Gasteiger partial charge in [-0.2, -0.15) is 5.26 Å². The summed E-state index contributed by atoms with van der Waals surface area (Å²) in [5.41, 5.74) is 1.12. The number of hydrogen-bond donors (Lipinski definition) is 1. The quantitative estimate of drug-likeness (QED) is 0.867. The number of halogens is 1. The molecular weight excluding hydrogens is 229 g/mol. The zero-order chi connectivity index (χ0) is 13.1. The lowest BCUT2D eigenvalue weighted by Gasteiger charge is -2.36. The Morgan fingerprint density at radius 3 is 2.67 bits per heavy atom. The minimum absolute atomic E-state index is 0.128. The predicted molar refractivity (Wildman–Crippen MR) is 68.5 cm³/mol. The van der Waals surface area contributed by atoms with Crippen LogP contribution in [0.2, 0.25) is 0 Å². The fourth-order valence-electron chi connectivity index (χ4n) is 2.58. The summed E-state index contributed by atoms with van der Waals surface area (Å²) in [4.78, 5) is 2.33. The molecule has 18 heavy (non-hydrogen) atoms. The molecule has 1 aromatic rings. The number of nitrogens with one attached hydrogen (secondary N) is 1. The number of hydrogen-bond acceptors (Lipinski definition) is 3. The maximum absolute atomic E-state index is 13.2. The second-order valence-electron chi connectivity index (χ2n) is 5.09. The number of piperazine rings is 1. The third-order valence-electron chi connectivity index (χ3n) is 3.19. The van der Waals surface area contributed by atoms with Crippen LogP contribution in [0.4, 0.5) is 4.39 Å². The van der Waals surface area contributed by atoms with Gasteiger partial charge < -0.3 is 5.32 Å². The second kappa shape index (κ2) is 5.47. The van der Waals surface area contributed by atoms with Gasteiger partial charge in [-0.1, -0.05) is 6.07 Å². The van der Waals surface area contributed by atoms with E-state index >= 15 is 0 Å². The van der Waals surface area contributed by atoms with Crippen molar-refractivity contribution in [2.75, 3.05) is 13.1 Å². The Kier molecular flexibility index (Phi) is 3.95. The maximum Gasteiger partial charge on any atom is 0.140 e. The van der Waals surface area contributed by atoms with E-state index in [1.807, 2.05) is 6.07 Å². The molecule has 96 valence electrons. The maximum atomic E-state index is 13.2. The molecule has 0 saturated carbocycles. The van der Waals surface area contributed by atoms with Crippen molar-refractivity contribution in [3.8, 4) is 6.07 Å². The molecule has 3 nitrogen and oxygen atoms in total. The molecule has 1 N–H and O–H groups in total. The Labute approximate surface area is 107 Å². The fourth-order valence-corrected chi connectivity index (χ4v) is 2.58. The van der Waals surface area contributed by atoms with Crippen LogP contribution in [0.15, 0.2) is 18.2 Å². The molecule has 2 unspecified atom stereocenters. The molecule has 1 aliphatic heterocycles. The van der Waals surface area contributed by atoms with Gasteiger partial charge in [0, 0.05) is 31.7 Å². The fraction of sp³-hybridized carbons (Fsp3) is 0.500. The van der Waals surface area contributed by atoms with Crippen molar-refractivity contribution >= 4 is 0 Å². The predicted octanol–water partition coefficient (Wildman–Crippen LogP) is 1.88. The van der Waals surface area contributed by atoms with E-state index in [-0.39, 0.29) is 5.56 Å². The van der Waals surface area contributed by atoms with Gasteiger partial charge in [-0.05, 0) is 31.5 Å². The molecule has 1 aliphatic rings. The third kappa shape index (κ3) is 3.06. The largest absolute Gasteiger partial charge is 0.309 e. The van der Waals surface area contributed by atoms with E-state index < -0.39 is 5.82 Å². The summed E-state index contributed by atoms with van der Waals surface area (Å²) in [7, 11) is 0. The van der Waals surface area contributed by atoms with Crippen molar-refractivity contribution in [1.82, 2.24) is 10.2 Å². The molecule has 1 aromatic carbocycles. The number of rotatable bonds is 2. The first-order valence-electron chi connectivity index (χ1n) is 6.25. The Hall–Kier alpha value is -1.44. The molecule has 0 aromatic heterocycles. The SMILES string of the molecule is CC1CN(Cc2ccc(F)c(C#N)c2)CC(C)N1. The van der Waals surface area contributed by atoms with Gasteiger partial charge in [-0.15, -0.1) is 0 Å². The average molecular weight is 247 g/mol. The van der Waals surface area contributed by atoms with Crippen LogP contribution in [0.25, 0.3) is 0 Å². The standard InChI is InChI=1S/C14H18FN3/c1-10-7-18(8-11(2)17-10)9-12-3-4-14(15)13(5-12)6-16/h3-5,10-11,17H,7-9H2,1-2H3. The Balaban J connectivity index is 2.07. The van der Waals surface area contributed by atoms with Gasteiger partial charge in [0.2, 0.25) is 0 Å². The highest BCUT2D eigenvalue weighted by Gasteiger charge is 2.20. The lowest BCUT2D eigenvalue weighted by Crippen LogP contribution is -2.53. The highest BCUT2D eigenvalue weighted by atomic mass is 19.1. The summed E-state index contributed by atoms with van der Waals surface area (Å²) in [5, 5.41) is 12.3. The normalized spacial score (nSPS) is 24.8. The monoisotopic (exact) mass is 247 g/mol. The van der Waals surface area contributed by atoms with Gasteiger partial charge in [0.1, 0.15) is 11.9 Å². The summed E-state index contributed by atoms with van der Waals surface area (Å²) in [5.74, 6) is -0.441. The van der Waals surface area contributed by atoms with Gasteiger partial charge in [-0.3, -0.25) is 4.90 Å². The molecular formula is C14H18FN3. The van der Waals surface area contributed by atoms with Gasteiger partial charge in [0.05, 0.1) is 5.56 Å². The lowest BCUT2D eigenvalue weighted by atomic mass is 10.1. The second-order valence-corrected chi connectivity index (χ2v) is 5.09. The molecule has 4 heteroatoms. The van der Waals surface area contributed by atoms with E-state index in [9.17, 15) is 4.39 Å². The number of nitriles is 1. The smallest absolute Gasteiger partial charge is 0.140 e. The first kappa shape index (κ1) is 13.0. The van der Waals surface area contributed by atoms with E-state index in [0.717, 1.165) is 25.2 Å². The molecule has 2 rings (SSSR count). The molecule has 0 aliphatic carbocycles. The van der Waals surface area contributed by atoms with Crippen LogP contribution in [-0.2, 0) is 6.54 Å². The van der Waals surface area contributed by atoms with Crippen molar-refractivity contribution in [3.63, 3.8) is 0 Å². The minimum atomic E-state index is -0.441. The lowest BCUT2D eigenvalue weighted by molar-refractivity contribution is 0.166. The van der Waals surface area contributed by atoms with Crippen LogP contribution in [0.5, 0.6) is 0 Å². The van der Waals surface area contributed by atoms with Crippen molar-refractivity contribution in [3.05, 3.63) is 35.1 Å². The van der Waals surface area contributed by atoms with E-state index in [1.54, 1.807) is 12.1 Å². The summed E-state index contributed by atoms with van der Waals surface area (Å²) in [6.45, 7) is 7.04. The van der Waals surface area contributed by atoms with E-state index in [0.29, 0.717) is 12.1 Å². The van der Waals surface area contributed by atoms with Crippen molar-refractivity contribution in [2.45, 2.75) is 32.5 Å². The van der Waals surface area contributed by atoms with Crippen molar-refractivity contribution < 1.29 is 4.39 Å². The highest BCUT2D eigenvalue weighted by molar-refractivity contribution is 5.34. The minimum Gasteiger partial charge on any atom is -0.309 e. The molecule has 0 radical (unpaired) electrons. The molecule has 0 spiro atoms. The Bertz CT molecular complexity index is 457. The van der Waals surface area contributed by atoms with Gasteiger partial charge >= 0.3 is 0 Å². The molecule has 1 fully saturated rings. The van der Waals surface area contributed by atoms with Crippen LogP contribution in [-0.4, -0.2) is 30.1 Å². The molecule has 2 atom stereocenters. The topological polar surface area (TPSA) is 39.1 Å². The molecule has 1 saturated heterocycles. The number of benzene rings is 1. The van der Waals surface area contributed by atoms with Crippen LogP contribution >= 0.6 is 0 Å². The van der Waals surface area contributed by atoms with Crippen LogP contribution in [0, 0.1) is 17.1 Å². The number of nitrogens with zero attached hydrogens (tertiary/aromatic N) is 2. The summed E-state index contributed by atoms with van der Waals surface area (Å²) >= 11 is 0. The average Bonchev–Trinajstić information content (AvgIpc) is 2.30. The summed E-state index contributed by atoms with van der Waals surface area (Å²) < 4.78 is 13.2. The Morgan fingerprint density at radius 1 is 1.39 bits per heavy atom. The van der Waals surface area contributed by atoms with E-state index in [1.165, 1.54) is 6.07 Å².